The molecule has 3 rings (SSSR count). The Kier molecular flexibility index (Phi) is 2.43. The highest BCUT2D eigenvalue weighted by atomic mass is 19.2. The van der Waals surface area contributed by atoms with Crippen LogP contribution in [0.5, 0.6) is 0 Å². The van der Waals surface area contributed by atoms with Gasteiger partial charge in [0.25, 0.3) is 0 Å². The van der Waals surface area contributed by atoms with Crippen LogP contribution in [-0.2, 0) is 0 Å². The fraction of sp³-hybridized carbons (Fsp3) is 0.250. The zero-order valence-electron chi connectivity index (χ0n) is 9.53. The summed E-state index contributed by atoms with van der Waals surface area (Å²) in [7, 11) is 0. The maximum absolute atomic E-state index is 13.3. The lowest BCUT2D eigenvalue weighted by Crippen LogP contribution is -2.24. The zero-order chi connectivity index (χ0) is 12.7. The minimum Gasteiger partial charge on any atom is -0.394 e. The van der Waals surface area contributed by atoms with E-state index in [-0.39, 0.29) is 6.04 Å². The molecule has 1 aromatic heterocycles. The maximum Gasteiger partial charge on any atom is 0.159 e. The second-order valence-corrected chi connectivity index (χ2v) is 4.30. The molecule has 1 aliphatic heterocycles. The summed E-state index contributed by atoms with van der Waals surface area (Å²) in [6, 6.07) is 3.82. The van der Waals surface area contributed by atoms with Crippen LogP contribution in [0.25, 0.3) is 0 Å². The lowest BCUT2D eigenvalue weighted by Gasteiger charge is -2.26. The number of nitrogens with zero attached hydrogens (tertiary/aromatic N) is 2. The molecule has 1 aliphatic rings. The molecule has 0 saturated carbocycles. The lowest BCUT2D eigenvalue weighted by molar-refractivity contribution is 0.469. The van der Waals surface area contributed by atoms with E-state index < -0.39 is 11.6 Å². The minimum atomic E-state index is -0.840. The summed E-state index contributed by atoms with van der Waals surface area (Å²) in [4.78, 5) is 0. The number of nitrogens with two attached hydrogens (primary N) is 1. The van der Waals surface area contributed by atoms with Gasteiger partial charge in [0.05, 0.1) is 17.9 Å². The number of aromatic nitrogens is 2. The summed E-state index contributed by atoms with van der Waals surface area (Å²) >= 11 is 0. The predicted molar refractivity (Wildman–Crippen MR) is 64.2 cm³/mol. The van der Waals surface area contributed by atoms with E-state index in [0.29, 0.717) is 11.3 Å². The molecule has 1 atom stereocenters. The SMILES string of the molecule is Nc1cnn2c1NCCC2c1ccc(F)c(F)c1. The first-order valence-corrected chi connectivity index (χ1v) is 5.68. The first kappa shape index (κ1) is 11.0. The van der Waals surface area contributed by atoms with E-state index in [1.165, 1.54) is 6.07 Å². The molecule has 6 heteroatoms. The van der Waals surface area contributed by atoms with Crippen molar-refractivity contribution in [3.63, 3.8) is 0 Å². The normalized spacial score (nSPS) is 18.2. The average Bonchev–Trinajstić information content (AvgIpc) is 2.75. The Hall–Kier alpha value is -2.11. The van der Waals surface area contributed by atoms with Gasteiger partial charge in [0.15, 0.2) is 11.6 Å². The van der Waals surface area contributed by atoms with Gasteiger partial charge < -0.3 is 11.1 Å². The first-order valence-electron chi connectivity index (χ1n) is 5.68. The highest BCUT2D eigenvalue weighted by Crippen LogP contribution is 2.32. The molecule has 0 bridgehead atoms. The van der Waals surface area contributed by atoms with Crippen LogP contribution in [0.2, 0.25) is 0 Å². The third-order valence-electron chi connectivity index (χ3n) is 3.16. The van der Waals surface area contributed by atoms with Gasteiger partial charge in [-0.1, -0.05) is 6.07 Å². The van der Waals surface area contributed by atoms with Crippen molar-refractivity contribution >= 4 is 11.5 Å². The third-order valence-corrected chi connectivity index (χ3v) is 3.16. The van der Waals surface area contributed by atoms with Gasteiger partial charge in [-0.25, -0.2) is 13.5 Å². The standard InChI is InChI=1S/C12H12F2N4/c13-8-2-1-7(5-9(8)14)11-3-4-16-12-10(15)6-17-18(11)12/h1-2,5-6,11,16H,3-4,15H2. The van der Waals surface area contributed by atoms with Gasteiger partial charge in [-0.15, -0.1) is 0 Å². The molecule has 18 heavy (non-hydrogen) atoms. The number of fused-ring (bicyclic) bond motifs is 1. The van der Waals surface area contributed by atoms with Crippen LogP contribution in [0.3, 0.4) is 0 Å². The molecule has 94 valence electrons. The summed E-state index contributed by atoms with van der Waals surface area (Å²) in [5.74, 6) is -0.948. The van der Waals surface area contributed by atoms with Gasteiger partial charge in [0.2, 0.25) is 0 Å². The number of nitrogens with one attached hydrogen (secondary N) is 1. The van der Waals surface area contributed by atoms with Crippen LogP contribution in [-0.4, -0.2) is 16.3 Å². The monoisotopic (exact) mass is 250 g/mol. The Morgan fingerprint density at radius 3 is 2.94 bits per heavy atom. The smallest absolute Gasteiger partial charge is 0.159 e. The van der Waals surface area contributed by atoms with Gasteiger partial charge in [-0.05, 0) is 24.1 Å². The van der Waals surface area contributed by atoms with Gasteiger partial charge in [-0.3, -0.25) is 0 Å². The Bertz CT molecular complexity index is 594. The number of anilines is 2. The van der Waals surface area contributed by atoms with E-state index in [4.69, 9.17) is 5.73 Å². The molecule has 4 nitrogen and oxygen atoms in total. The Morgan fingerprint density at radius 2 is 2.17 bits per heavy atom. The highest BCUT2D eigenvalue weighted by Gasteiger charge is 2.24. The zero-order valence-corrected chi connectivity index (χ0v) is 9.53. The van der Waals surface area contributed by atoms with E-state index in [0.717, 1.165) is 24.8 Å². The fourth-order valence-corrected chi connectivity index (χ4v) is 2.27. The molecule has 3 N–H and O–H groups in total. The number of hydrogen-bond donors (Lipinski definition) is 2. The van der Waals surface area contributed by atoms with Crippen molar-refractivity contribution < 1.29 is 8.78 Å². The van der Waals surface area contributed by atoms with Crippen LogP contribution >= 0.6 is 0 Å². The fourth-order valence-electron chi connectivity index (χ4n) is 2.27. The highest BCUT2D eigenvalue weighted by molar-refractivity contribution is 5.62. The van der Waals surface area contributed by atoms with Crippen molar-refractivity contribution in [1.82, 2.24) is 9.78 Å². The molecule has 0 amide bonds. The Labute approximate surface area is 102 Å². The summed E-state index contributed by atoms with van der Waals surface area (Å²) in [6.45, 7) is 0.722. The second kappa shape index (κ2) is 3.97. The third kappa shape index (κ3) is 1.61. The number of benzene rings is 1. The number of hydrogen-bond acceptors (Lipinski definition) is 3. The van der Waals surface area contributed by atoms with Crippen molar-refractivity contribution in [2.45, 2.75) is 12.5 Å². The molecule has 0 fully saturated rings. The lowest BCUT2D eigenvalue weighted by atomic mass is 10.0. The van der Waals surface area contributed by atoms with Crippen molar-refractivity contribution in [2.75, 3.05) is 17.6 Å². The summed E-state index contributed by atoms with van der Waals surface area (Å²) in [5.41, 5.74) is 7.03. The molecule has 0 saturated heterocycles. The second-order valence-electron chi connectivity index (χ2n) is 4.30. The van der Waals surface area contributed by atoms with Gasteiger partial charge in [0, 0.05) is 6.54 Å². The van der Waals surface area contributed by atoms with Crippen molar-refractivity contribution in [3.05, 3.63) is 41.6 Å². The molecular formula is C12H12F2N4. The molecule has 0 radical (unpaired) electrons. The molecule has 2 heterocycles. The molecule has 2 aromatic rings. The van der Waals surface area contributed by atoms with Crippen molar-refractivity contribution in [1.29, 1.82) is 0 Å². The topological polar surface area (TPSA) is 55.9 Å². The number of nitrogen functional groups attached to an aromatic ring is 1. The molecule has 1 aromatic carbocycles. The molecule has 1 unspecified atom stereocenters. The van der Waals surface area contributed by atoms with Crippen LogP contribution < -0.4 is 11.1 Å². The molecule has 0 aliphatic carbocycles. The molecular weight excluding hydrogens is 238 g/mol. The van der Waals surface area contributed by atoms with Crippen molar-refractivity contribution in [2.24, 2.45) is 0 Å². The van der Waals surface area contributed by atoms with Crippen LogP contribution in [0.4, 0.5) is 20.3 Å². The molecule has 0 spiro atoms. The van der Waals surface area contributed by atoms with Gasteiger partial charge in [-0.2, -0.15) is 5.10 Å². The van der Waals surface area contributed by atoms with E-state index >= 15 is 0 Å². The van der Waals surface area contributed by atoms with Crippen LogP contribution in [0.1, 0.15) is 18.0 Å². The number of halogens is 2. The van der Waals surface area contributed by atoms with Gasteiger partial charge in [0.1, 0.15) is 5.82 Å². The minimum absolute atomic E-state index is 0.117. The summed E-state index contributed by atoms with van der Waals surface area (Å²) in [6.07, 6.45) is 2.31. The van der Waals surface area contributed by atoms with Crippen molar-refractivity contribution in [3.8, 4) is 0 Å². The van der Waals surface area contributed by atoms with E-state index in [9.17, 15) is 8.78 Å². The van der Waals surface area contributed by atoms with Gasteiger partial charge >= 0.3 is 0 Å². The Balaban J connectivity index is 2.05. The average molecular weight is 250 g/mol. The predicted octanol–water partition coefficient (Wildman–Crippen LogP) is 2.15. The maximum atomic E-state index is 13.3. The first-order chi connectivity index (χ1) is 8.66. The quantitative estimate of drug-likeness (QED) is 0.815. The van der Waals surface area contributed by atoms with E-state index in [1.54, 1.807) is 16.9 Å². The number of rotatable bonds is 1. The largest absolute Gasteiger partial charge is 0.394 e. The van der Waals surface area contributed by atoms with E-state index in [1.807, 2.05) is 0 Å². The van der Waals surface area contributed by atoms with Crippen LogP contribution in [0, 0.1) is 11.6 Å². The summed E-state index contributed by atoms with van der Waals surface area (Å²) in [5, 5.41) is 7.32. The van der Waals surface area contributed by atoms with E-state index in [2.05, 4.69) is 10.4 Å². The van der Waals surface area contributed by atoms with Crippen LogP contribution in [0.15, 0.2) is 24.4 Å². The Morgan fingerprint density at radius 1 is 1.33 bits per heavy atom. The summed E-state index contributed by atoms with van der Waals surface area (Å²) < 4.78 is 27.9.